The van der Waals surface area contributed by atoms with Gasteiger partial charge in [0.2, 0.25) is 0 Å². The van der Waals surface area contributed by atoms with Crippen LogP contribution in [0.4, 0.5) is 0 Å². The molecule has 0 fully saturated rings. The van der Waals surface area contributed by atoms with E-state index in [1.807, 2.05) is 18.3 Å². The fourth-order valence-corrected chi connectivity index (χ4v) is 2.29. The number of H-pyrrole nitrogens is 1. The minimum Gasteiger partial charge on any atom is -0.341 e. The van der Waals surface area contributed by atoms with E-state index in [2.05, 4.69) is 30.7 Å². The molecule has 0 aliphatic rings. The molecule has 0 radical (unpaired) electrons. The summed E-state index contributed by atoms with van der Waals surface area (Å²) in [4.78, 5) is 8.83. The molecule has 0 saturated carbocycles. The Hall–Kier alpha value is -0.800. The zero-order valence-corrected chi connectivity index (χ0v) is 10.5. The van der Waals surface area contributed by atoms with Crippen molar-refractivity contribution in [2.75, 3.05) is 0 Å². The first-order chi connectivity index (χ1) is 6.97. The molecule has 80 valence electrons. The lowest BCUT2D eigenvalue weighted by Gasteiger charge is -2.13. The Labute approximate surface area is 98.3 Å². The van der Waals surface area contributed by atoms with Crippen LogP contribution in [0.25, 0.3) is 10.6 Å². The van der Waals surface area contributed by atoms with Crippen molar-refractivity contribution in [2.24, 2.45) is 0 Å². The minimum atomic E-state index is 0.0549. The maximum absolute atomic E-state index is 5.89. The summed E-state index contributed by atoms with van der Waals surface area (Å²) in [5.41, 5.74) is 1.09. The van der Waals surface area contributed by atoms with Crippen LogP contribution in [0.3, 0.4) is 0 Å². The van der Waals surface area contributed by atoms with Crippen molar-refractivity contribution in [3.63, 3.8) is 0 Å². The molecule has 15 heavy (non-hydrogen) atoms. The van der Waals surface area contributed by atoms with Gasteiger partial charge in [0.25, 0.3) is 0 Å². The molecule has 0 aliphatic carbocycles. The van der Waals surface area contributed by atoms with E-state index in [-0.39, 0.29) is 5.41 Å². The lowest BCUT2D eigenvalue weighted by Crippen LogP contribution is -2.13. The van der Waals surface area contributed by atoms with E-state index in [0.29, 0.717) is 0 Å². The molecule has 0 amide bonds. The second kappa shape index (κ2) is 3.65. The number of nitrogens with zero attached hydrogens (tertiary/aromatic N) is 1. The first-order valence-corrected chi connectivity index (χ1v) is 5.97. The van der Waals surface area contributed by atoms with Crippen molar-refractivity contribution in [1.29, 1.82) is 0 Å². The summed E-state index contributed by atoms with van der Waals surface area (Å²) >= 11 is 7.45. The highest BCUT2D eigenvalue weighted by atomic mass is 35.5. The lowest BCUT2D eigenvalue weighted by molar-refractivity contribution is 0.553. The molecule has 4 heteroatoms. The summed E-state index contributed by atoms with van der Waals surface area (Å²) in [6, 6.07) is 3.91. The van der Waals surface area contributed by atoms with Crippen LogP contribution in [0.5, 0.6) is 0 Å². The van der Waals surface area contributed by atoms with Gasteiger partial charge in [0, 0.05) is 5.41 Å². The third kappa shape index (κ3) is 2.24. The number of thiophene rings is 1. The van der Waals surface area contributed by atoms with Gasteiger partial charge >= 0.3 is 0 Å². The number of nitrogens with one attached hydrogen (secondary N) is 1. The molecule has 0 aromatic carbocycles. The summed E-state index contributed by atoms with van der Waals surface area (Å²) in [5, 5.41) is 0. The van der Waals surface area contributed by atoms with Crippen LogP contribution < -0.4 is 0 Å². The van der Waals surface area contributed by atoms with Gasteiger partial charge in [0.05, 0.1) is 21.1 Å². The van der Waals surface area contributed by atoms with E-state index in [0.717, 1.165) is 20.7 Å². The zero-order chi connectivity index (χ0) is 11.1. The topological polar surface area (TPSA) is 28.7 Å². The maximum atomic E-state index is 5.89. The highest BCUT2D eigenvalue weighted by Crippen LogP contribution is 2.31. The SMILES string of the molecule is CC(C)(C)c1ncc(-c2ccc(Cl)s2)[nH]1. The fraction of sp³-hybridized carbons (Fsp3) is 0.364. The van der Waals surface area contributed by atoms with E-state index < -0.39 is 0 Å². The van der Waals surface area contributed by atoms with Crippen LogP contribution in [0.1, 0.15) is 26.6 Å². The number of hydrogen-bond donors (Lipinski definition) is 1. The van der Waals surface area contributed by atoms with Crippen molar-refractivity contribution in [3.8, 4) is 10.6 Å². The second-order valence-electron chi connectivity index (χ2n) is 4.50. The molecule has 0 unspecified atom stereocenters. The highest BCUT2D eigenvalue weighted by Gasteiger charge is 2.18. The third-order valence-electron chi connectivity index (χ3n) is 2.12. The Bertz CT molecular complexity index is 465. The molecule has 0 spiro atoms. The molecular weight excluding hydrogens is 228 g/mol. The molecule has 0 saturated heterocycles. The summed E-state index contributed by atoms with van der Waals surface area (Å²) < 4.78 is 0.803. The number of aromatic nitrogens is 2. The Morgan fingerprint density at radius 2 is 2.07 bits per heavy atom. The number of hydrogen-bond acceptors (Lipinski definition) is 2. The van der Waals surface area contributed by atoms with Crippen molar-refractivity contribution in [3.05, 3.63) is 28.5 Å². The molecule has 0 atom stereocenters. The van der Waals surface area contributed by atoms with E-state index in [4.69, 9.17) is 11.6 Å². The van der Waals surface area contributed by atoms with Crippen molar-refractivity contribution < 1.29 is 0 Å². The normalized spacial score (nSPS) is 12.0. The average molecular weight is 241 g/mol. The standard InChI is InChI=1S/C11H13ClN2S/c1-11(2,3)10-13-6-7(14-10)8-4-5-9(12)15-8/h4-6H,1-3H3,(H,13,14). The van der Waals surface area contributed by atoms with Gasteiger partial charge in [-0.05, 0) is 12.1 Å². The van der Waals surface area contributed by atoms with E-state index in [1.54, 1.807) is 11.3 Å². The average Bonchev–Trinajstić information content (AvgIpc) is 2.69. The van der Waals surface area contributed by atoms with Gasteiger partial charge in [0.1, 0.15) is 5.82 Å². The van der Waals surface area contributed by atoms with Gasteiger partial charge in [-0.2, -0.15) is 0 Å². The molecule has 1 N–H and O–H groups in total. The van der Waals surface area contributed by atoms with Crippen LogP contribution in [0, 0.1) is 0 Å². The fourth-order valence-electron chi connectivity index (χ4n) is 1.29. The third-order valence-corrected chi connectivity index (χ3v) is 3.39. The largest absolute Gasteiger partial charge is 0.341 e. The number of aromatic amines is 1. The lowest BCUT2D eigenvalue weighted by atomic mass is 9.96. The molecule has 2 nitrogen and oxygen atoms in total. The highest BCUT2D eigenvalue weighted by molar-refractivity contribution is 7.19. The first-order valence-electron chi connectivity index (χ1n) is 4.78. The van der Waals surface area contributed by atoms with E-state index >= 15 is 0 Å². The van der Waals surface area contributed by atoms with Crippen LogP contribution in [-0.2, 0) is 5.41 Å². The zero-order valence-electron chi connectivity index (χ0n) is 8.97. The Kier molecular flexibility index (Phi) is 2.61. The molecule has 0 bridgehead atoms. The molecule has 2 rings (SSSR count). The van der Waals surface area contributed by atoms with Gasteiger partial charge < -0.3 is 4.98 Å². The predicted molar refractivity (Wildman–Crippen MR) is 65.6 cm³/mol. The predicted octanol–water partition coefficient (Wildman–Crippen LogP) is 4.09. The van der Waals surface area contributed by atoms with Gasteiger partial charge in [-0.25, -0.2) is 4.98 Å². The molecule has 2 aromatic heterocycles. The first kappa shape index (κ1) is 10.7. The molecule has 2 aromatic rings. The Balaban J connectivity index is 2.36. The van der Waals surface area contributed by atoms with Crippen LogP contribution in [0.2, 0.25) is 4.34 Å². The maximum Gasteiger partial charge on any atom is 0.111 e. The number of rotatable bonds is 1. The van der Waals surface area contributed by atoms with Crippen molar-refractivity contribution in [1.82, 2.24) is 9.97 Å². The smallest absolute Gasteiger partial charge is 0.111 e. The van der Waals surface area contributed by atoms with Crippen molar-refractivity contribution >= 4 is 22.9 Å². The second-order valence-corrected chi connectivity index (χ2v) is 6.21. The minimum absolute atomic E-state index is 0.0549. The van der Waals surface area contributed by atoms with Crippen LogP contribution in [-0.4, -0.2) is 9.97 Å². The Morgan fingerprint density at radius 3 is 2.53 bits per heavy atom. The Morgan fingerprint density at radius 1 is 1.33 bits per heavy atom. The molecular formula is C11H13ClN2S. The summed E-state index contributed by atoms with van der Waals surface area (Å²) in [6.45, 7) is 6.41. The molecule has 2 heterocycles. The number of imidazole rings is 1. The van der Waals surface area contributed by atoms with Gasteiger partial charge in [-0.1, -0.05) is 32.4 Å². The van der Waals surface area contributed by atoms with Crippen LogP contribution in [0.15, 0.2) is 18.3 Å². The summed E-state index contributed by atoms with van der Waals surface area (Å²) in [6.07, 6.45) is 1.86. The van der Waals surface area contributed by atoms with E-state index in [1.165, 1.54) is 0 Å². The monoisotopic (exact) mass is 240 g/mol. The van der Waals surface area contributed by atoms with E-state index in [9.17, 15) is 0 Å². The van der Waals surface area contributed by atoms with Gasteiger partial charge in [0.15, 0.2) is 0 Å². The quantitative estimate of drug-likeness (QED) is 0.799. The number of halogens is 1. The summed E-state index contributed by atoms with van der Waals surface area (Å²) in [7, 11) is 0. The van der Waals surface area contributed by atoms with Crippen molar-refractivity contribution in [2.45, 2.75) is 26.2 Å². The van der Waals surface area contributed by atoms with Crippen LogP contribution >= 0.6 is 22.9 Å². The summed E-state index contributed by atoms with van der Waals surface area (Å²) in [5.74, 6) is 1.00. The van der Waals surface area contributed by atoms with Gasteiger partial charge in [-0.3, -0.25) is 0 Å². The van der Waals surface area contributed by atoms with Gasteiger partial charge in [-0.15, -0.1) is 11.3 Å². The molecule has 0 aliphatic heterocycles.